The van der Waals surface area contributed by atoms with Crippen molar-refractivity contribution in [2.45, 2.75) is 13.0 Å². The molecule has 1 unspecified atom stereocenters. The summed E-state index contributed by atoms with van der Waals surface area (Å²) in [6.45, 7) is 1.80. The largest absolute Gasteiger partial charge is 0.345 e. The first kappa shape index (κ1) is 15.2. The lowest BCUT2D eigenvalue weighted by Gasteiger charge is -2.15. The van der Waals surface area contributed by atoms with E-state index in [9.17, 15) is 9.18 Å². The van der Waals surface area contributed by atoms with Gasteiger partial charge in [0, 0.05) is 4.47 Å². The molecule has 106 valence electrons. The third-order valence-electron chi connectivity index (χ3n) is 3.08. The molecule has 0 spiro atoms. The number of benzene rings is 2. The smallest absolute Gasteiger partial charge is 0.255 e. The molecule has 0 saturated carbocycles. The first-order valence-corrected chi connectivity index (χ1v) is 7.07. The maximum absolute atomic E-state index is 13.7. The Balaban J connectivity index is 2.17. The second kappa shape index (κ2) is 6.51. The normalized spacial score (nSPS) is 11.5. The standard InChI is InChI=1S/C16H12BrFN2O/c1-10(12-7-5-11(9-19)6-8-12)20-16(21)15-13(17)3-2-4-14(15)18/h2-8,10H,1H3,(H,20,21). The molecule has 2 aromatic rings. The van der Waals surface area contributed by atoms with Crippen molar-refractivity contribution in [3.8, 4) is 6.07 Å². The number of hydrogen-bond donors (Lipinski definition) is 1. The molecule has 2 rings (SSSR count). The SMILES string of the molecule is CC(NC(=O)c1c(F)cccc1Br)c1ccc(C#N)cc1. The van der Waals surface area contributed by atoms with Crippen molar-refractivity contribution in [2.24, 2.45) is 0 Å². The lowest BCUT2D eigenvalue weighted by Crippen LogP contribution is -2.27. The van der Waals surface area contributed by atoms with Crippen LogP contribution < -0.4 is 5.32 Å². The maximum Gasteiger partial charge on any atom is 0.255 e. The first-order valence-electron chi connectivity index (χ1n) is 6.28. The minimum absolute atomic E-state index is 0.0157. The van der Waals surface area contributed by atoms with Crippen LogP contribution in [0.2, 0.25) is 0 Å². The topological polar surface area (TPSA) is 52.9 Å². The molecule has 1 amide bonds. The number of amides is 1. The number of nitrogens with zero attached hydrogens (tertiary/aromatic N) is 1. The fourth-order valence-corrected chi connectivity index (χ4v) is 2.44. The number of nitriles is 1. The van der Waals surface area contributed by atoms with E-state index in [1.54, 1.807) is 37.3 Å². The fourth-order valence-electron chi connectivity index (χ4n) is 1.91. The zero-order valence-electron chi connectivity index (χ0n) is 11.2. The number of carbonyl (C=O) groups is 1. The predicted molar refractivity (Wildman–Crippen MR) is 81.1 cm³/mol. The highest BCUT2D eigenvalue weighted by Crippen LogP contribution is 2.21. The van der Waals surface area contributed by atoms with Gasteiger partial charge in [0.2, 0.25) is 0 Å². The summed E-state index contributed by atoms with van der Waals surface area (Å²) in [6, 6.07) is 13.0. The lowest BCUT2D eigenvalue weighted by atomic mass is 10.1. The predicted octanol–water partition coefficient (Wildman–Crippen LogP) is 3.95. The highest BCUT2D eigenvalue weighted by atomic mass is 79.9. The molecule has 0 radical (unpaired) electrons. The lowest BCUT2D eigenvalue weighted by molar-refractivity contribution is 0.0935. The monoisotopic (exact) mass is 346 g/mol. The van der Waals surface area contributed by atoms with E-state index in [0.29, 0.717) is 10.0 Å². The molecule has 1 atom stereocenters. The molecule has 0 bridgehead atoms. The molecule has 3 nitrogen and oxygen atoms in total. The van der Waals surface area contributed by atoms with Crippen LogP contribution >= 0.6 is 15.9 Å². The van der Waals surface area contributed by atoms with Gasteiger partial charge in [0.05, 0.1) is 23.2 Å². The summed E-state index contributed by atoms with van der Waals surface area (Å²) in [4.78, 5) is 12.2. The Morgan fingerprint density at radius 2 is 1.95 bits per heavy atom. The van der Waals surface area contributed by atoms with Gasteiger partial charge < -0.3 is 5.32 Å². The van der Waals surface area contributed by atoms with Crippen molar-refractivity contribution in [1.29, 1.82) is 5.26 Å². The van der Waals surface area contributed by atoms with Gasteiger partial charge in [-0.05, 0) is 52.7 Å². The quantitative estimate of drug-likeness (QED) is 0.914. The van der Waals surface area contributed by atoms with E-state index in [4.69, 9.17) is 5.26 Å². The summed E-state index contributed by atoms with van der Waals surface area (Å²) < 4.78 is 14.1. The van der Waals surface area contributed by atoms with Gasteiger partial charge in [0.1, 0.15) is 5.82 Å². The van der Waals surface area contributed by atoms with Gasteiger partial charge in [-0.15, -0.1) is 0 Å². The molecule has 0 fully saturated rings. The van der Waals surface area contributed by atoms with Crippen LogP contribution in [0.5, 0.6) is 0 Å². The van der Waals surface area contributed by atoms with Crippen LogP contribution in [-0.2, 0) is 0 Å². The van der Waals surface area contributed by atoms with Crippen molar-refractivity contribution in [1.82, 2.24) is 5.32 Å². The molecule has 0 aromatic heterocycles. The van der Waals surface area contributed by atoms with E-state index in [0.717, 1.165) is 5.56 Å². The third kappa shape index (κ3) is 3.47. The van der Waals surface area contributed by atoms with Gasteiger partial charge >= 0.3 is 0 Å². The van der Waals surface area contributed by atoms with Crippen LogP contribution in [0.3, 0.4) is 0 Å². The summed E-state index contributed by atoms with van der Waals surface area (Å²) in [6.07, 6.45) is 0. The average molecular weight is 347 g/mol. The first-order chi connectivity index (χ1) is 10.0. The summed E-state index contributed by atoms with van der Waals surface area (Å²) in [5.41, 5.74) is 1.38. The number of carbonyl (C=O) groups excluding carboxylic acids is 1. The number of hydrogen-bond acceptors (Lipinski definition) is 2. The Morgan fingerprint density at radius 3 is 2.52 bits per heavy atom. The number of rotatable bonds is 3. The van der Waals surface area contributed by atoms with Gasteiger partial charge in [-0.3, -0.25) is 4.79 Å². The van der Waals surface area contributed by atoms with Crippen molar-refractivity contribution < 1.29 is 9.18 Å². The van der Waals surface area contributed by atoms with E-state index in [1.165, 1.54) is 12.1 Å². The molecule has 0 aliphatic rings. The summed E-state index contributed by atoms with van der Waals surface area (Å²) in [5.74, 6) is -1.06. The van der Waals surface area contributed by atoms with Gasteiger partial charge in [0.15, 0.2) is 0 Å². The Hall–Kier alpha value is -2.19. The minimum atomic E-state index is -0.575. The highest BCUT2D eigenvalue weighted by Gasteiger charge is 2.17. The molecular weight excluding hydrogens is 335 g/mol. The Morgan fingerprint density at radius 1 is 1.29 bits per heavy atom. The van der Waals surface area contributed by atoms with E-state index >= 15 is 0 Å². The summed E-state index contributed by atoms with van der Waals surface area (Å²) >= 11 is 3.18. The maximum atomic E-state index is 13.7. The van der Waals surface area contributed by atoms with E-state index in [-0.39, 0.29) is 11.6 Å². The number of halogens is 2. The summed E-state index contributed by atoms with van der Waals surface area (Å²) in [5, 5.41) is 11.5. The van der Waals surface area contributed by atoms with Gasteiger partial charge in [-0.25, -0.2) is 4.39 Å². The van der Waals surface area contributed by atoms with E-state index < -0.39 is 11.7 Å². The zero-order chi connectivity index (χ0) is 15.4. The second-order valence-electron chi connectivity index (χ2n) is 4.53. The van der Waals surface area contributed by atoms with Crippen molar-refractivity contribution in [3.05, 3.63) is 69.4 Å². The van der Waals surface area contributed by atoms with Crippen LogP contribution in [0.4, 0.5) is 4.39 Å². The minimum Gasteiger partial charge on any atom is -0.345 e. The third-order valence-corrected chi connectivity index (χ3v) is 3.74. The van der Waals surface area contributed by atoms with Crippen LogP contribution in [0.1, 0.15) is 34.5 Å². The van der Waals surface area contributed by atoms with Gasteiger partial charge in [0.25, 0.3) is 5.91 Å². The van der Waals surface area contributed by atoms with Crippen molar-refractivity contribution in [2.75, 3.05) is 0 Å². The van der Waals surface area contributed by atoms with Crippen molar-refractivity contribution >= 4 is 21.8 Å². The molecule has 0 saturated heterocycles. The average Bonchev–Trinajstić information content (AvgIpc) is 2.47. The van der Waals surface area contributed by atoms with Crippen molar-refractivity contribution in [3.63, 3.8) is 0 Å². The molecule has 21 heavy (non-hydrogen) atoms. The fraction of sp³-hybridized carbons (Fsp3) is 0.125. The Bertz CT molecular complexity index is 687. The van der Waals surface area contributed by atoms with Gasteiger partial charge in [-0.1, -0.05) is 18.2 Å². The van der Waals surface area contributed by atoms with E-state index in [1.807, 2.05) is 6.07 Å². The molecule has 0 heterocycles. The summed E-state index contributed by atoms with van der Waals surface area (Å²) in [7, 11) is 0. The molecule has 1 N–H and O–H groups in total. The Labute approximate surface area is 130 Å². The molecular formula is C16H12BrFN2O. The second-order valence-corrected chi connectivity index (χ2v) is 5.38. The van der Waals surface area contributed by atoms with Gasteiger partial charge in [-0.2, -0.15) is 5.26 Å². The highest BCUT2D eigenvalue weighted by molar-refractivity contribution is 9.10. The van der Waals surface area contributed by atoms with E-state index in [2.05, 4.69) is 21.2 Å². The molecule has 2 aromatic carbocycles. The zero-order valence-corrected chi connectivity index (χ0v) is 12.8. The van der Waals surface area contributed by atoms with Crippen LogP contribution in [0.15, 0.2) is 46.9 Å². The molecule has 0 aliphatic heterocycles. The Kier molecular flexibility index (Phi) is 4.71. The van der Waals surface area contributed by atoms with Crippen LogP contribution in [0.25, 0.3) is 0 Å². The van der Waals surface area contributed by atoms with Crippen LogP contribution in [-0.4, -0.2) is 5.91 Å². The number of nitrogens with one attached hydrogen (secondary N) is 1. The van der Waals surface area contributed by atoms with Crippen LogP contribution in [0, 0.1) is 17.1 Å². The molecule has 0 aliphatic carbocycles. The molecule has 5 heteroatoms.